The summed E-state index contributed by atoms with van der Waals surface area (Å²) < 4.78 is 31.7. The second-order valence-corrected chi connectivity index (χ2v) is 4.96. The predicted octanol–water partition coefficient (Wildman–Crippen LogP) is 3.15. The number of halogens is 3. The maximum Gasteiger partial charge on any atom is 0.248 e. The van der Waals surface area contributed by atoms with Crippen LogP contribution in [0.1, 0.15) is 37.4 Å². The molecule has 1 heterocycles. The lowest BCUT2D eigenvalue weighted by Gasteiger charge is -2.26. The molecule has 0 aromatic carbocycles. The Hall–Kier alpha value is -0.400. The van der Waals surface area contributed by atoms with Crippen LogP contribution in [0.15, 0.2) is 4.52 Å². The molecule has 0 unspecified atom stereocenters. The highest BCUT2D eigenvalue weighted by Crippen LogP contribution is 2.42. The van der Waals surface area contributed by atoms with E-state index in [1.807, 2.05) is 22.6 Å². The van der Waals surface area contributed by atoms with Gasteiger partial charge in [0, 0.05) is 18.8 Å². The molecular weight excluding hydrogens is 317 g/mol. The van der Waals surface area contributed by atoms with E-state index in [-0.39, 0.29) is 18.8 Å². The molecule has 0 radical (unpaired) electrons. The van der Waals surface area contributed by atoms with Gasteiger partial charge in [-0.05, 0) is 35.4 Å². The lowest BCUT2D eigenvalue weighted by Crippen LogP contribution is -2.23. The average molecular weight is 328 g/mol. The van der Waals surface area contributed by atoms with Crippen LogP contribution in [0.4, 0.5) is 14.6 Å². The summed E-state index contributed by atoms with van der Waals surface area (Å²) >= 11 is 2.04. The smallest absolute Gasteiger partial charge is 0.248 e. The van der Waals surface area contributed by atoms with E-state index >= 15 is 0 Å². The first kappa shape index (κ1) is 11.1. The summed E-state index contributed by atoms with van der Waals surface area (Å²) in [4.78, 5) is 0. The molecule has 15 heavy (non-hydrogen) atoms. The van der Waals surface area contributed by atoms with Crippen molar-refractivity contribution >= 4 is 28.4 Å². The second kappa shape index (κ2) is 3.88. The van der Waals surface area contributed by atoms with Crippen LogP contribution >= 0.6 is 22.6 Å². The monoisotopic (exact) mass is 328 g/mol. The molecule has 3 nitrogen and oxygen atoms in total. The quantitative estimate of drug-likeness (QED) is 0.806. The van der Waals surface area contributed by atoms with Crippen molar-refractivity contribution in [2.75, 3.05) is 5.73 Å². The summed E-state index contributed by atoms with van der Waals surface area (Å²) in [7, 11) is 0. The second-order valence-electron chi connectivity index (χ2n) is 3.88. The largest absolute Gasteiger partial charge is 0.380 e. The zero-order chi connectivity index (χ0) is 11.1. The van der Waals surface area contributed by atoms with Gasteiger partial charge < -0.3 is 10.3 Å². The summed E-state index contributed by atoms with van der Waals surface area (Å²) in [6, 6.07) is 0. The van der Waals surface area contributed by atoms with E-state index in [0.29, 0.717) is 24.4 Å². The molecule has 0 spiro atoms. The lowest BCUT2D eigenvalue weighted by atomic mass is 9.85. The van der Waals surface area contributed by atoms with Gasteiger partial charge >= 0.3 is 0 Å². The Morgan fingerprint density at radius 3 is 2.47 bits per heavy atom. The van der Waals surface area contributed by atoms with Crippen molar-refractivity contribution in [2.45, 2.75) is 37.5 Å². The van der Waals surface area contributed by atoms with E-state index in [4.69, 9.17) is 10.3 Å². The van der Waals surface area contributed by atoms with E-state index in [1.54, 1.807) is 0 Å². The third-order valence-corrected chi connectivity index (χ3v) is 3.86. The summed E-state index contributed by atoms with van der Waals surface area (Å²) in [5.41, 5.74) is 5.54. The van der Waals surface area contributed by atoms with Gasteiger partial charge in [-0.2, -0.15) is 0 Å². The van der Waals surface area contributed by atoms with Crippen LogP contribution in [0.3, 0.4) is 0 Å². The molecule has 6 heteroatoms. The first-order valence-corrected chi connectivity index (χ1v) is 5.86. The number of nitrogen functional groups attached to an aromatic ring is 1. The summed E-state index contributed by atoms with van der Waals surface area (Å²) in [6.45, 7) is 0. The third-order valence-electron chi connectivity index (χ3n) is 2.77. The van der Waals surface area contributed by atoms with Crippen molar-refractivity contribution in [2.24, 2.45) is 0 Å². The van der Waals surface area contributed by atoms with Crippen LogP contribution in [-0.2, 0) is 0 Å². The number of alkyl halides is 2. The number of nitrogens with two attached hydrogens (primary N) is 1. The van der Waals surface area contributed by atoms with Gasteiger partial charge in [-0.15, -0.1) is 0 Å². The lowest BCUT2D eigenvalue weighted by molar-refractivity contribution is -0.0399. The molecule has 2 N–H and O–H groups in total. The zero-order valence-electron chi connectivity index (χ0n) is 7.97. The Kier molecular flexibility index (Phi) is 2.87. The Bertz CT molecular complexity index is 357. The number of nitrogens with zero attached hydrogens (tertiary/aromatic N) is 1. The van der Waals surface area contributed by atoms with Crippen LogP contribution in [-0.4, -0.2) is 11.1 Å². The van der Waals surface area contributed by atoms with E-state index < -0.39 is 5.92 Å². The molecule has 1 aromatic heterocycles. The maximum absolute atomic E-state index is 12.9. The van der Waals surface area contributed by atoms with Gasteiger partial charge in [-0.3, -0.25) is 0 Å². The van der Waals surface area contributed by atoms with Crippen molar-refractivity contribution in [3.63, 3.8) is 0 Å². The van der Waals surface area contributed by atoms with Crippen LogP contribution in [0.2, 0.25) is 0 Å². The molecule has 0 atom stereocenters. The molecule has 1 aromatic rings. The fourth-order valence-electron chi connectivity index (χ4n) is 1.86. The van der Waals surface area contributed by atoms with E-state index in [9.17, 15) is 8.78 Å². The van der Waals surface area contributed by atoms with Gasteiger partial charge in [0.15, 0.2) is 11.6 Å². The zero-order valence-corrected chi connectivity index (χ0v) is 10.1. The molecule has 0 saturated heterocycles. The SMILES string of the molecule is Nc1noc(C2CCC(F)(F)CC2)c1I. The average Bonchev–Trinajstić information content (AvgIpc) is 2.49. The number of rotatable bonds is 1. The van der Waals surface area contributed by atoms with Gasteiger partial charge in [0.05, 0.1) is 3.57 Å². The van der Waals surface area contributed by atoms with Crippen LogP contribution in [0.25, 0.3) is 0 Å². The van der Waals surface area contributed by atoms with Gasteiger partial charge in [0.2, 0.25) is 5.92 Å². The highest BCUT2D eigenvalue weighted by atomic mass is 127. The van der Waals surface area contributed by atoms with Gasteiger partial charge in [-0.25, -0.2) is 8.78 Å². The highest BCUT2D eigenvalue weighted by Gasteiger charge is 2.37. The van der Waals surface area contributed by atoms with Crippen molar-refractivity contribution in [3.05, 3.63) is 9.33 Å². The normalized spacial score (nSPS) is 21.8. The first-order chi connectivity index (χ1) is 6.99. The minimum atomic E-state index is -2.51. The van der Waals surface area contributed by atoms with Crippen LogP contribution in [0.5, 0.6) is 0 Å². The minimum Gasteiger partial charge on any atom is -0.380 e. The van der Waals surface area contributed by atoms with Crippen molar-refractivity contribution in [3.8, 4) is 0 Å². The standard InChI is InChI=1S/C9H11F2IN2O/c10-9(11)3-1-5(2-4-9)7-6(12)8(13)14-15-7/h5H,1-4H2,(H2,13,14). The Morgan fingerprint density at radius 1 is 1.40 bits per heavy atom. The van der Waals surface area contributed by atoms with Crippen molar-refractivity contribution in [1.82, 2.24) is 5.16 Å². The summed E-state index contributed by atoms with van der Waals surface area (Å²) in [5, 5.41) is 3.64. The minimum absolute atomic E-state index is 0.0429. The van der Waals surface area contributed by atoms with Gasteiger partial charge in [-0.1, -0.05) is 5.16 Å². The number of aromatic nitrogens is 1. The molecule has 0 amide bonds. The molecule has 1 fully saturated rings. The Morgan fingerprint density at radius 2 is 2.00 bits per heavy atom. The number of hydrogen-bond donors (Lipinski definition) is 1. The molecule has 0 aliphatic heterocycles. The number of hydrogen-bond acceptors (Lipinski definition) is 3. The number of anilines is 1. The van der Waals surface area contributed by atoms with E-state index in [1.165, 1.54) is 0 Å². The summed E-state index contributed by atoms with van der Waals surface area (Å²) in [5.74, 6) is -1.44. The van der Waals surface area contributed by atoms with Crippen molar-refractivity contribution in [1.29, 1.82) is 0 Å². The van der Waals surface area contributed by atoms with Crippen molar-refractivity contribution < 1.29 is 13.3 Å². The predicted molar refractivity (Wildman–Crippen MR) is 59.8 cm³/mol. The molecule has 2 rings (SSSR count). The first-order valence-electron chi connectivity index (χ1n) is 4.78. The van der Waals surface area contributed by atoms with Crippen LogP contribution < -0.4 is 5.73 Å². The molecule has 1 aliphatic carbocycles. The fraction of sp³-hybridized carbons (Fsp3) is 0.667. The van der Waals surface area contributed by atoms with E-state index in [0.717, 1.165) is 3.57 Å². The molecular formula is C9H11F2IN2O. The summed E-state index contributed by atoms with van der Waals surface area (Å²) in [6.07, 6.45) is 0.734. The maximum atomic E-state index is 12.9. The van der Waals surface area contributed by atoms with Gasteiger partial charge in [0.25, 0.3) is 0 Å². The topological polar surface area (TPSA) is 52.0 Å². The molecule has 0 bridgehead atoms. The molecule has 1 saturated carbocycles. The fourth-order valence-corrected chi connectivity index (χ4v) is 2.50. The van der Waals surface area contributed by atoms with E-state index in [2.05, 4.69) is 5.16 Å². The van der Waals surface area contributed by atoms with Crippen LogP contribution in [0, 0.1) is 3.57 Å². The van der Waals surface area contributed by atoms with Gasteiger partial charge in [0.1, 0.15) is 0 Å². The third kappa shape index (κ3) is 2.24. The Labute approximate surface area is 99.5 Å². The highest BCUT2D eigenvalue weighted by molar-refractivity contribution is 14.1. The molecule has 84 valence electrons. The molecule has 1 aliphatic rings. The Balaban J connectivity index is 2.11.